The Morgan fingerprint density at radius 2 is 2.11 bits per heavy atom. The summed E-state index contributed by atoms with van der Waals surface area (Å²) in [6.45, 7) is 9.06. The second kappa shape index (κ2) is 6.96. The van der Waals surface area contributed by atoms with Gasteiger partial charge in [0.25, 0.3) is 0 Å². The highest BCUT2D eigenvalue weighted by Crippen LogP contribution is 2.22. The minimum atomic E-state index is -0.0405. The quantitative estimate of drug-likeness (QED) is 0.838. The molecule has 0 radical (unpaired) electrons. The Kier molecular flexibility index (Phi) is 5.88. The molecule has 4 heteroatoms. The molecular weight excluding hydrogens is 256 g/mol. The molecule has 0 heterocycles. The van der Waals surface area contributed by atoms with E-state index >= 15 is 0 Å². The summed E-state index contributed by atoms with van der Waals surface area (Å²) in [6, 6.07) is 8.24. The molecule has 1 amide bonds. The molecule has 1 rings (SSSR count). The maximum atomic E-state index is 11.1. The number of hydrogen-bond acceptors (Lipinski definition) is 3. The molecule has 0 aliphatic carbocycles. The number of anilines is 1. The van der Waals surface area contributed by atoms with Crippen molar-refractivity contribution >= 4 is 23.4 Å². The van der Waals surface area contributed by atoms with Crippen LogP contribution in [0.2, 0.25) is 0 Å². The van der Waals surface area contributed by atoms with E-state index in [1.807, 2.05) is 30.0 Å². The third-order valence-electron chi connectivity index (χ3n) is 3.09. The standard InChI is InChI=1S/C15H24N2OS/c1-11(16-10-15(3,4)19-5)13-7-6-8-14(9-13)17-12(2)18/h6-9,11,16H,10H2,1-5H3,(H,17,18). The fourth-order valence-corrected chi connectivity index (χ4v) is 1.91. The van der Waals surface area contributed by atoms with Crippen LogP contribution in [0.1, 0.15) is 39.3 Å². The molecule has 0 saturated carbocycles. The largest absolute Gasteiger partial charge is 0.326 e. The summed E-state index contributed by atoms with van der Waals surface area (Å²) in [4.78, 5) is 11.1. The summed E-state index contributed by atoms with van der Waals surface area (Å²) in [5.41, 5.74) is 2.03. The molecule has 1 unspecified atom stereocenters. The first-order valence-electron chi connectivity index (χ1n) is 6.50. The molecule has 3 nitrogen and oxygen atoms in total. The lowest BCUT2D eigenvalue weighted by molar-refractivity contribution is -0.114. The fourth-order valence-electron chi connectivity index (χ4n) is 1.68. The van der Waals surface area contributed by atoms with Crippen LogP contribution in [0.5, 0.6) is 0 Å². The van der Waals surface area contributed by atoms with Gasteiger partial charge in [-0.15, -0.1) is 0 Å². The second-order valence-corrected chi connectivity index (χ2v) is 6.89. The first-order chi connectivity index (χ1) is 8.84. The highest BCUT2D eigenvalue weighted by molar-refractivity contribution is 7.99. The van der Waals surface area contributed by atoms with Crippen molar-refractivity contribution in [1.82, 2.24) is 5.32 Å². The molecule has 0 bridgehead atoms. The van der Waals surface area contributed by atoms with Crippen LogP contribution < -0.4 is 10.6 Å². The molecule has 0 fully saturated rings. The van der Waals surface area contributed by atoms with Gasteiger partial charge in [-0.05, 0) is 44.7 Å². The van der Waals surface area contributed by atoms with Crippen molar-refractivity contribution in [2.45, 2.75) is 38.5 Å². The second-order valence-electron chi connectivity index (χ2n) is 5.37. The number of amides is 1. The summed E-state index contributed by atoms with van der Waals surface area (Å²) >= 11 is 1.86. The number of nitrogens with one attached hydrogen (secondary N) is 2. The van der Waals surface area contributed by atoms with Crippen LogP contribution >= 0.6 is 11.8 Å². The van der Waals surface area contributed by atoms with Crippen LogP contribution in [-0.2, 0) is 4.79 Å². The van der Waals surface area contributed by atoms with Crippen LogP contribution in [0.15, 0.2) is 24.3 Å². The molecule has 0 aliphatic rings. The van der Waals surface area contributed by atoms with Gasteiger partial charge in [0.15, 0.2) is 0 Å². The molecule has 1 atom stereocenters. The molecule has 0 saturated heterocycles. The van der Waals surface area contributed by atoms with Crippen molar-refractivity contribution < 1.29 is 4.79 Å². The zero-order valence-corrected chi connectivity index (χ0v) is 13.2. The highest BCUT2D eigenvalue weighted by Gasteiger charge is 2.17. The van der Waals surface area contributed by atoms with Gasteiger partial charge in [0.05, 0.1) is 0 Å². The lowest BCUT2D eigenvalue weighted by atomic mass is 10.1. The van der Waals surface area contributed by atoms with Gasteiger partial charge in [-0.2, -0.15) is 11.8 Å². The van der Waals surface area contributed by atoms with E-state index in [2.05, 4.69) is 43.7 Å². The molecule has 0 spiro atoms. The van der Waals surface area contributed by atoms with Crippen LogP contribution in [-0.4, -0.2) is 23.5 Å². The summed E-state index contributed by atoms with van der Waals surface area (Å²) in [7, 11) is 0. The van der Waals surface area contributed by atoms with Crippen LogP contribution in [0.25, 0.3) is 0 Å². The van der Waals surface area contributed by atoms with E-state index in [0.717, 1.165) is 12.2 Å². The van der Waals surface area contributed by atoms with Gasteiger partial charge in [0.1, 0.15) is 0 Å². The van der Waals surface area contributed by atoms with Crippen molar-refractivity contribution in [2.75, 3.05) is 18.1 Å². The first-order valence-corrected chi connectivity index (χ1v) is 7.72. The van der Waals surface area contributed by atoms with Crippen molar-refractivity contribution in [3.05, 3.63) is 29.8 Å². The maximum absolute atomic E-state index is 11.1. The van der Waals surface area contributed by atoms with Gasteiger partial charge in [-0.25, -0.2) is 0 Å². The lowest BCUT2D eigenvalue weighted by Crippen LogP contribution is -2.33. The molecule has 1 aromatic rings. The van der Waals surface area contributed by atoms with Gasteiger partial charge in [-0.3, -0.25) is 4.79 Å². The minimum Gasteiger partial charge on any atom is -0.326 e. The lowest BCUT2D eigenvalue weighted by Gasteiger charge is -2.25. The molecule has 0 aromatic heterocycles. The third-order valence-corrected chi connectivity index (χ3v) is 4.34. The average molecular weight is 280 g/mol. The van der Waals surface area contributed by atoms with Gasteiger partial charge in [0, 0.05) is 29.9 Å². The van der Waals surface area contributed by atoms with E-state index in [4.69, 9.17) is 0 Å². The number of rotatable bonds is 6. The Morgan fingerprint density at radius 3 is 2.68 bits per heavy atom. The van der Waals surface area contributed by atoms with Crippen LogP contribution in [0.3, 0.4) is 0 Å². The third kappa shape index (κ3) is 5.66. The SMILES string of the molecule is CSC(C)(C)CNC(C)c1cccc(NC(C)=O)c1. The molecule has 0 aliphatic heterocycles. The highest BCUT2D eigenvalue weighted by atomic mass is 32.2. The van der Waals surface area contributed by atoms with Crippen LogP contribution in [0, 0.1) is 0 Å². The molecule has 2 N–H and O–H groups in total. The first kappa shape index (κ1) is 16.1. The monoisotopic (exact) mass is 280 g/mol. The predicted molar refractivity (Wildman–Crippen MR) is 84.8 cm³/mol. The topological polar surface area (TPSA) is 41.1 Å². The van der Waals surface area contributed by atoms with E-state index < -0.39 is 0 Å². The van der Waals surface area contributed by atoms with E-state index in [0.29, 0.717) is 0 Å². The zero-order chi connectivity index (χ0) is 14.5. The Hall–Kier alpha value is -1.00. The zero-order valence-electron chi connectivity index (χ0n) is 12.4. The van der Waals surface area contributed by atoms with Gasteiger partial charge < -0.3 is 10.6 Å². The summed E-state index contributed by atoms with van der Waals surface area (Å²) in [6.07, 6.45) is 2.13. The number of carbonyl (C=O) groups excluding carboxylic acids is 1. The Balaban J connectivity index is 2.66. The number of benzene rings is 1. The van der Waals surface area contributed by atoms with Gasteiger partial charge >= 0.3 is 0 Å². The van der Waals surface area contributed by atoms with Crippen molar-refractivity contribution in [1.29, 1.82) is 0 Å². The fraction of sp³-hybridized carbons (Fsp3) is 0.533. The van der Waals surface area contributed by atoms with Gasteiger partial charge in [-0.1, -0.05) is 12.1 Å². The van der Waals surface area contributed by atoms with Crippen molar-refractivity contribution in [3.8, 4) is 0 Å². The number of thioether (sulfide) groups is 1. The normalized spacial score (nSPS) is 13.1. The van der Waals surface area contributed by atoms with E-state index in [1.165, 1.54) is 12.5 Å². The van der Waals surface area contributed by atoms with Crippen molar-refractivity contribution in [2.24, 2.45) is 0 Å². The number of hydrogen-bond donors (Lipinski definition) is 2. The Morgan fingerprint density at radius 1 is 1.42 bits per heavy atom. The average Bonchev–Trinajstić information content (AvgIpc) is 2.35. The predicted octanol–water partition coefficient (Wildman–Crippen LogP) is 3.44. The van der Waals surface area contributed by atoms with Crippen molar-refractivity contribution in [3.63, 3.8) is 0 Å². The summed E-state index contributed by atoms with van der Waals surface area (Å²) < 4.78 is 0.226. The van der Waals surface area contributed by atoms with Crippen LogP contribution in [0.4, 0.5) is 5.69 Å². The molecular formula is C15H24N2OS. The molecule has 19 heavy (non-hydrogen) atoms. The maximum Gasteiger partial charge on any atom is 0.221 e. The number of carbonyl (C=O) groups is 1. The summed E-state index contributed by atoms with van der Waals surface area (Å²) in [5.74, 6) is -0.0405. The summed E-state index contributed by atoms with van der Waals surface area (Å²) in [5, 5.41) is 6.35. The Bertz CT molecular complexity index is 432. The Labute approximate surface area is 120 Å². The molecule has 106 valence electrons. The van der Waals surface area contributed by atoms with E-state index in [-0.39, 0.29) is 16.7 Å². The van der Waals surface area contributed by atoms with E-state index in [1.54, 1.807) is 0 Å². The molecule has 1 aromatic carbocycles. The van der Waals surface area contributed by atoms with Gasteiger partial charge in [0.2, 0.25) is 5.91 Å². The minimum absolute atomic E-state index is 0.0405. The smallest absolute Gasteiger partial charge is 0.221 e. The van der Waals surface area contributed by atoms with E-state index in [9.17, 15) is 4.79 Å².